The molecule has 0 amide bonds. The van der Waals surface area contributed by atoms with Crippen LogP contribution in [0.1, 0.15) is 5.56 Å². The first-order valence-corrected chi connectivity index (χ1v) is 6.44. The highest BCUT2D eigenvalue weighted by atomic mass is 35.5. The number of nitrogens with zero attached hydrogens (tertiary/aromatic N) is 3. The molecule has 4 nitrogen and oxygen atoms in total. The maximum Gasteiger partial charge on any atom is 0.161 e. The van der Waals surface area contributed by atoms with E-state index in [1.54, 1.807) is 0 Å². The van der Waals surface area contributed by atoms with Gasteiger partial charge in [0.2, 0.25) is 0 Å². The van der Waals surface area contributed by atoms with Crippen LogP contribution in [-0.2, 0) is 0 Å². The van der Waals surface area contributed by atoms with Gasteiger partial charge in [-0.05, 0) is 18.2 Å². The van der Waals surface area contributed by atoms with Gasteiger partial charge in [0.25, 0.3) is 0 Å². The van der Waals surface area contributed by atoms with Gasteiger partial charge >= 0.3 is 0 Å². The lowest BCUT2D eigenvalue weighted by Crippen LogP contribution is -1.99. The Hall–Kier alpha value is -2.71. The monoisotopic (exact) mass is 298 g/mol. The second-order valence-electron chi connectivity index (χ2n) is 4.32. The van der Waals surface area contributed by atoms with Crippen molar-refractivity contribution in [1.29, 1.82) is 5.26 Å². The van der Waals surface area contributed by atoms with Gasteiger partial charge in [-0.15, -0.1) is 10.2 Å². The van der Waals surface area contributed by atoms with Gasteiger partial charge in [-0.3, -0.25) is 0 Å². The zero-order valence-electron chi connectivity index (χ0n) is 10.6. The van der Waals surface area contributed by atoms with Crippen molar-refractivity contribution in [2.75, 3.05) is 5.32 Å². The van der Waals surface area contributed by atoms with Crippen molar-refractivity contribution in [3.63, 3.8) is 0 Å². The molecule has 1 aromatic heterocycles. The minimum Gasteiger partial charge on any atom is -0.336 e. The van der Waals surface area contributed by atoms with Crippen LogP contribution < -0.4 is 5.32 Å². The SMILES string of the molecule is N#Cc1ccc(Nc2nnc(Cl)c3ccccc23)c(F)c1. The number of aromatic nitrogens is 2. The first kappa shape index (κ1) is 13.3. The molecule has 102 valence electrons. The molecule has 6 heteroatoms. The molecule has 2 aromatic carbocycles. The van der Waals surface area contributed by atoms with E-state index < -0.39 is 5.82 Å². The van der Waals surface area contributed by atoms with E-state index in [4.69, 9.17) is 16.9 Å². The Morgan fingerprint density at radius 3 is 2.57 bits per heavy atom. The second kappa shape index (κ2) is 5.35. The first-order valence-electron chi connectivity index (χ1n) is 6.06. The summed E-state index contributed by atoms with van der Waals surface area (Å²) in [6.45, 7) is 0. The van der Waals surface area contributed by atoms with E-state index >= 15 is 0 Å². The fourth-order valence-electron chi connectivity index (χ4n) is 1.98. The minimum absolute atomic E-state index is 0.218. The number of rotatable bonds is 2. The molecule has 3 aromatic rings. The van der Waals surface area contributed by atoms with Gasteiger partial charge in [0.05, 0.1) is 17.3 Å². The zero-order chi connectivity index (χ0) is 14.8. The van der Waals surface area contributed by atoms with Crippen molar-refractivity contribution in [3.05, 3.63) is 59.0 Å². The van der Waals surface area contributed by atoms with Gasteiger partial charge in [0.1, 0.15) is 5.82 Å². The number of hydrogen-bond acceptors (Lipinski definition) is 4. The molecule has 1 N–H and O–H groups in total. The number of benzene rings is 2. The standard InChI is InChI=1S/C15H8ClFN4/c16-14-10-3-1-2-4-11(10)15(21-20-14)19-13-6-5-9(8-18)7-12(13)17/h1-7H,(H,19,21). The van der Waals surface area contributed by atoms with E-state index in [0.29, 0.717) is 5.82 Å². The lowest BCUT2D eigenvalue weighted by molar-refractivity contribution is 0.631. The molecular weight excluding hydrogens is 291 g/mol. The summed E-state index contributed by atoms with van der Waals surface area (Å²) in [6, 6.07) is 13.4. The van der Waals surface area contributed by atoms with Crippen molar-refractivity contribution in [3.8, 4) is 6.07 Å². The number of hydrogen-bond donors (Lipinski definition) is 1. The summed E-state index contributed by atoms with van der Waals surface area (Å²) in [5.74, 6) is -0.131. The first-order chi connectivity index (χ1) is 10.2. The van der Waals surface area contributed by atoms with Crippen LogP contribution >= 0.6 is 11.6 Å². The smallest absolute Gasteiger partial charge is 0.161 e. The number of nitrogens with one attached hydrogen (secondary N) is 1. The number of halogens is 2. The van der Waals surface area contributed by atoms with Gasteiger partial charge in [0.15, 0.2) is 11.0 Å². The molecule has 0 aliphatic rings. The lowest BCUT2D eigenvalue weighted by Gasteiger charge is -2.09. The quantitative estimate of drug-likeness (QED) is 0.775. The van der Waals surface area contributed by atoms with Crippen LogP contribution in [0, 0.1) is 17.1 Å². The van der Waals surface area contributed by atoms with Crippen molar-refractivity contribution in [2.45, 2.75) is 0 Å². The highest BCUT2D eigenvalue weighted by Crippen LogP contribution is 2.28. The number of fused-ring (bicyclic) bond motifs is 1. The fourth-order valence-corrected chi connectivity index (χ4v) is 2.18. The normalized spacial score (nSPS) is 10.3. The van der Waals surface area contributed by atoms with Gasteiger partial charge in [0, 0.05) is 10.8 Å². The van der Waals surface area contributed by atoms with E-state index in [1.807, 2.05) is 30.3 Å². The third kappa shape index (κ3) is 2.49. The Balaban J connectivity index is 2.07. The van der Waals surface area contributed by atoms with Crippen LogP contribution in [-0.4, -0.2) is 10.2 Å². The zero-order valence-corrected chi connectivity index (χ0v) is 11.4. The molecule has 0 radical (unpaired) electrons. The highest BCUT2D eigenvalue weighted by Gasteiger charge is 2.10. The summed E-state index contributed by atoms with van der Waals surface area (Å²) in [4.78, 5) is 0. The minimum atomic E-state index is -0.533. The maximum absolute atomic E-state index is 13.9. The highest BCUT2D eigenvalue weighted by molar-refractivity contribution is 6.34. The van der Waals surface area contributed by atoms with Crippen molar-refractivity contribution in [1.82, 2.24) is 10.2 Å². The van der Waals surface area contributed by atoms with Crippen LogP contribution in [0.2, 0.25) is 5.15 Å². The largest absolute Gasteiger partial charge is 0.336 e. The van der Waals surface area contributed by atoms with Gasteiger partial charge < -0.3 is 5.32 Å². The molecule has 3 rings (SSSR count). The third-order valence-corrected chi connectivity index (χ3v) is 3.27. The van der Waals surface area contributed by atoms with Crippen molar-refractivity contribution in [2.24, 2.45) is 0 Å². The van der Waals surface area contributed by atoms with Crippen LogP contribution in [0.25, 0.3) is 10.8 Å². The average molecular weight is 299 g/mol. The molecule has 0 spiro atoms. The predicted molar refractivity (Wildman–Crippen MR) is 78.9 cm³/mol. The summed E-state index contributed by atoms with van der Waals surface area (Å²) >= 11 is 5.99. The van der Waals surface area contributed by atoms with E-state index in [-0.39, 0.29) is 16.4 Å². The van der Waals surface area contributed by atoms with E-state index in [1.165, 1.54) is 12.1 Å². The molecular formula is C15H8ClFN4. The summed E-state index contributed by atoms with van der Waals surface area (Å²) in [6.07, 6.45) is 0. The van der Waals surface area contributed by atoms with Gasteiger partial charge in [-0.2, -0.15) is 5.26 Å². The lowest BCUT2D eigenvalue weighted by atomic mass is 10.1. The molecule has 21 heavy (non-hydrogen) atoms. The summed E-state index contributed by atoms with van der Waals surface area (Å²) in [5, 5.41) is 21.2. The molecule has 0 bridgehead atoms. The van der Waals surface area contributed by atoms with E-state index in [2.05, 4.69) is 15.5 Å². The molecule has 0 fully saturated rings. The molecule has 0 aliphatic heterocycles. The molecule has 1 heterocycles. The fraction of sp³-hybridized carbons (Fsp3) is 0. The summed E-state index contributed by atoms with van der Waals surface area (Å²) < 4.78 is 13.9. The Morgan fingerprint density at radius 2 is 1.86 bits per heavy atom. The molecule has 0 saturated carbocycles. The third-order valence-electron chi connectivity index (χ3n) is 2.99. The predicted octanol–water partition coefficient (Wildman–Crippen LogP) is 4.04. The van der Waals surface area contributed by atoms with Crippen LogP contribution in [0.4, 0.5) is 15.9 Å². The van der Waals surface area contributed by atoms with Gasteiger partial charge in [-0.25, -0.2) is 4.39 Å². The molecule has 0 aliphatic carbocycles. The Labute approximate surface area is 124 Å². The maximum atomic E-state index is 13.9. The summed E-state index contributed by atoms with van der Waals surface area (Å²) in [7, 11) is 0. The van der Waals surface area contributed by atoms with Crippen LogP contribution in [0.15, 0.2) is 42.5 Å². The number of anilines is 2. The Morgan fingerprint density at radius 1 is 1.10 bits per heavy atom. The van der Waals surface area contributed by atoms with Crippen molar-refractivity contribution < 1.29 is 4.39 Å². The van der Waals surface area contributed by atoms with Crippen molar-refractivity contribution >= 4 is 33.9 Å². The van der Waals surface area contributed by atoms with E-state index in [0.717, 1.165) is 16.8 Å². The van der Waals surface area contributed by atoms with Gasteiger partial charge in [-0.1, -0.05) is 35.9 Å². The van der Waals surface area contributed by atoms with Crippen LogP contribution in [0.5, 0.6) is 0 Å². The Bertz CT molecular complexity index is 873. The number of nitriles is 1. The van der Waals surface area contributed by atoms with Crippen LogP contribution in [0.3, 0.4) is 0 Å². The Kier molecular flexibility index (Phi) is 3.38. The molecule has 0 atom stereocenters. The molecule has 0 unspecified atom stereocenters. The average Bonchev–Trinajstić information content (AvgIpc) is 2.52. The topological polar surface area (TPSA) is 61.6 Å². The summed E-state index contributed by atoms with van der Waals surface area (Å²) in [5.41, 5.74) is 0.473. The van der Waals surface area contributed by atoms with E-state index in [9.17, 15) is 4.39 Å². The second-order valence-corrected chi connectivity index (χ2v) is 4.67. The molecule has 0 saturated heterocycles.